The van der Waals surface area contributed by atoms with Crippen LogP contribution in [-0.4, -0.2) is 0 Å². The lowest BCUT2D eigenvalue weighted by Gasteiger charge is -2.13. The summed E-state index contributed by atoms with van der Waals surface area (Å²) in [4.78, 5) is 2.10. The molecule has 0 radical (unpaired) electrons. The molecule has 1 unspecified atom stereocenters. The number of nitrogens with one attached hydrogen (secondary N) is 1. The molecular formula is C15H14F3NS2. The second-order valence-electron chi connectivity index (χ2n) is 4.94. The Bertz CT molecular complexity index is 676. The smallest absolute Gasteiger partial charge is 0.368 e. The zero-order valence-corrected chi connectivity index (χ0v) is 13.2. The normalized spacial score (nSPS) is 17.7. The minimum Gasteiger partial charge on any atom is -0.368 e. The fourth-order valence-electron chi connectivity index (χ4n) is 2.49. The molecular weight excluding hydrogens is 315 g/mol. The van der Waals surface area contributed by atoms with Gasteiger partial charge in [-0.05, 0) is 42.5 Å². The Morgan fingerprint density at radius 3 is 2.71 bits per heavy atom. The van der Waals surface area contributed by atoms with Crippen LogP contribution in [0, 0.1) is 6.92 Å². The zero-order chi connectivity index (χ0) is 15.2. The molecule has 1 aromatic heterocycles. The number of rotatable bonds is 2. The third-order valence-electron chi connectivity index (χ3n) is 3.58. The van der Waals surface area contributed by atoms with Gasteiger partial charge in [0.25, 0.3) is 0 Å². The molecule has 3 rings (SSSR count). The molecule has 21 heavy (non-hydrogen) atoms. The van der Waals surface area contributed by atoms with Crippen LogP contribution >= 0.6 is 23.1 Å². The summed E-state index contributed by atoms with van der Waals surface area (Å²) < 4.78 is 38.3. The monoisotopic (exact) mass is 329 g/mol. The molecule has 1 N–H and O–H groups in total. The second-order valence-corrected chi connectivity index (χ2v) is 7.17. The second kappa shape index (κ2) is 5.25. The van der Waals surface area contributed by atoms with E-state index < -0.39 is 11.7 Å². The summed E-state index contributed by atoms with van der Waals surface area (Å²) in [7, 11) is 0. The van der Waals surface area contributed by atoms with Gasteiger partial charge >= 0.3 is 6.18 Å². The fourth-order valence-corrected chi connectivity index (χ4v) is 4.83. The molecule has 2 heterocycles. The quantitative estimate of drug-likeness (QED) is 0.741. The molecule has 1 aliphatic heterocycles. The van der Waals surface area contributed by atoms with Crippen LogP contribution in [0.25, 0.3) is 0 Å². The van der Waals surface area contributed by atoms with Crippen LogP contribution in [0.1, 0.15) is 33.9 Å². The van der Waals surface area contributed by atoms with E-state index >= 15 is 0 Å². The van der Waals surface area contributed by atoms with Gasteiger partial charge in [-0.3, -0.25) is 0 Å². The van der Waals surface area contributed by atoms with Crippen molar-refractivity contribution in [2.45, 2.75) is 36.7 Å². The zero-order valence-electron chi connectivity index (χ0n) is 11.5. The van der Waals surface area contributed by atoms with Crippen molar-refractivity contribution in [3.63, 3.8) is 0 Å². The van der Waals surface area contributed by atoms with Gasteiger partial charge in [-0.1, -0.05) is 18.7 Å². The third kappa shape index (κ3) is 2.66. The van der Waals surface area contributed by atoms with E-state index in [2.05, 4.69) is 24.5 Å². The SMILES string of the molecule is CCc1csc(C)c1C1Nc2cc(C(F)(F)F)ccc2S1. The molecule has 2 aromatic rings. The van der Waals surface area contributed by atoms with Crippen LogP contribution < -0.4 is 5.32 Å². The minimum atomic E-state index is -4.30. The number of thioether (sulfide) groups is 1. The molecule has 1 aliphatic rings. The van der Waals surface area contributed by atoms with Crippen LogP contribution in [0.3, 0.4) is 0 Å². The number of fused-ring (bicyclic) bond motifs is 1. The summed E-state index contributed by atoms with van der Waals surface area (Å²) in [5.74, 6) is 0. The highest BCUT2D eigenvalue weighted by Gasteiger charge is 2.33. The maximum absolute atomic E-state index is 12.8. The number of aryl methyl sites for hydroxylation is 2. The van der Waals surface area contributed by atoms with Crippen molar-refractivity contribution >= 4 is 28.8 Å². The fraction of sp³-hybridized carbons (Fsp3) is 0.333. The number of alkyl halides is 3. The van der Waals surface area contributed by atoms with Gasteiger partial charge in [0.2, 0.25) is 0 Å². The molecule has 0 fully saturated rings. The lowest BCUT2D eigenvalue weighted by Crippen LogP contribution is -2.06. The average Bonchev–Trinajstić information content (AvgIpc) is 2.98. The maximum atomic E-state index is 12.8. The van der Waals surface area contributed by atoms with Gasteiger partial charge in [0.15, 0.2) is 0 Å². The first-order valence-electron chi connectivity index (χ1n) is 6.61. The van der Waals surface area contributed by atoms with E-state index in [4.69, 9.17) is 0 Å². The van der Waals surface area contributed by atoms with Crippen LogP contribution in [-0.2, 0) is 12.6 Å². The predicted octanol–water partition coefficient (Wildman–Crippen LogP) is 5.85. The highest BCUT2D eigenvalue weighted by Crippen LogP contribution is 2.50. The predicted molar refractivity (Wildman–Crippen MR) is 82.1 cm³/mol. The Balaban J connectivity index is 1.93. The Hall–Kier alpha value is -1.14. The first-order valence-corrected chi connectivity index (χ1v) is 8.37. The number of anilines is 1. The van der Waals surface area contributed by atoms with Crippen molar-refractivity contribution in [1.29, 1.82) is 0 Å². The van der Waals surface area contributed by atoms with E-state index in [1.165, 1.54) is 22.1 Å². The van der Waals surface area contributed by atoms with Gasteiger partial charge < -0.3 is 5.32 Å². The topological polar surface area (TPSA) is 12.0 Å². The summed E-state index contributed by atoms with van der Waals surface area (Å²) in [5, 5.41) is 5.37. The van der Waals surface area contributed by atoms with E-state index in [0.717, 1.165) is 17.4 Å². The van der Waals surface area contributed by atoms with E-state index in [-0.39, 0.29) is 5.37 Å². The molecule has 0 aliphatic carbocycles. The lowest BCUT2D eigenvalue weighted by atomic mass is 10.1. The van der Waals surface area contributed by atoms with Gasteiger partial charge in [-0.2, -0.15) is 13.2 Å². The molecule has 0 saturated heterocycles. The highest BCUT2D eigenvalue weighted by molar-refractivity contribution is 8.00. The number of halogens is 3. The van der Waals surface area contributed by atoms with E-state index in [0.29, 0.717) is 5.69 Å². The van der Waals surface area contributed by atoms with Crippen molar-refractivity contribution < 1.29 is 13.2 Å². The number of hydrogen-bond acceptors (Lipinski definition) is 3. The van der Waals surface area contributed by atoms with Crippen molar-refractivity contribution in [2.75, 3.05) is 5.32 Å². The third-order valence-corrected chi connectivity index (χ3v) is 5.76. The Morgan fingerprint density at radius 2 is 2.05 bits per heavy atom. The largest absolute Gasteiger partial charge is 0.416 e. The molecule has 1 atom stereocenters. The van der Waals surface area contributed by atoms with E-state index in [1.54, 1.807) is 29.2 Å². The molecule has 0 bridgehead atoms. The number of hydrogen-bond donors (Lipinski definition) is 1. The van der Waals surface area contributed by atoms with Crippen LogP contribution in [0.5, 0.6) is 0 Å². The van der Waals surface area contributed by atoms with Crippen LogP contribution in [0.4, 0.5) is 18.9 Å². The molecule has 1 aromatic carbocycles. The molecule has 6 heteroatoms. The van der Waals surface area contributed by atoms with Gasteiger partial charge in [0, 0.05) is 21.0 Å². The van der Waals surface area contributed by atoms with Gasteiger partial charge in [0.05, 0.1) is 5.56 Å². The molecule has 0 spiro atoms. The standard InChI is InChI=1S/C15H14F3NS2/c1-3-9-7-20-8(2)13(9)14-19-11-6-10(15(16,17)18)4-5-12(11)21-14/h4-7,14,19H,3H2,1-2H3. The molecule has 0 saturated carbocycles. The Morgan fingerprint density at radius 1 is 1.29 bits per heavy atom. The molecule has 0 amide bonds. The lowest BCUT2D eigenvalue weighted by molar-refractivity contribution is -0.137. The molecule has 112 valence electrons. The van der Waals surface area contributed by atoms with E-state index in [1.807, 2.05) is 0 Å². The van der Waals surface area contributed by atoms with Crippen molar-refractivity contribution in [3.05, 3.63) is 45.1 Å². The summed E-state index contributed by atoms with van der Waals surface area (Å²) in [5.41, 5.74) is 2.46. The van der Waals surface area contributed by atoms with Crippen molar-refractivity contribution in [1.82, 2.24) is 0 Å². The summed E-state index contributed by atoms with van der Waals surface area (Å²) >= 11 is 3.28. The first-order chi connectivity index (χ1) is 9.90. The van der Waals surface area contributed by atoms with Crippen LogP contribution in [0.15, 0.2) is 28.5 Å². The van der Waals surface area contributed by atoms with Gasteiger partial charge in [-0.15, -0.1) is 11.3 Å². The summed E-state index contributed by atoms with van der Waals surface area (Å²) in [6, 6.07) is 3.91. The number of benzene rings is 1. The maximum Gasteiger partial charge on any atom is 0.416 e. The summed E-state index contributed by atoms with van der Waals surface area (Å²) in [6.07, 6.45) is -3.37. The van der Waals surface area contributed by atoms with Crippen molar-refractivity contribution in [3.8, 4) is 0 Å². The highest BCUT2D eigenvalue weighted by atomic mass is 32.2. The minimum absolute atomic E-state index is 0.00434. The molecule has 1 nitrogen and oxygen atoms in total. The Kier molecular flexibility index (Phi) is 3.69. The number of thiophene rings is 1. The van der Waals surface area contributed by atoms with E-state index in [9.17, 15) is 13.2 Å². The van der Waals surface area contributed by atoms with Crippen LogP contribution in [0.2, 0.25) is 0 Å². The van der Waals surface area contributed by atoms with Crippen molar-refractivity contribution in [2.24, 2.45) is 0 Å². The Labute approximate surface area is 129 Å². The first kappa shape index (κ1) is 14.8. The average molecular weight is 329 g/mol. The van der Waals surface area contributed by atoms with Gasteiger partial charge in [-0.25, -0.2) is 0 Å². The van der Waals surface area contributed by atoms with Gasteiger partial charge in [0.1, 0.15) is 5.37 Å². The summed E-state index contributed by atoms with van der Waals surface area (Å²) in [6.45, 7) is 4.16.